The van der Waals surface area contributed by atoms with Crippen LogP contribution in [0.1, 0.15) is 18.9 Å². The maximum absolute atomic E-state index is 14.2. The largest absolute Gasteiger partial charge is 0.325 e. The van der Waals surface area contributed by atoms with E-state index in [1.807, 2.05) is 0 Å². The first kappa shape index (κ1) is 20.7. The van der Waals surface area contributed by atoms with E-state index in [2.05, 4.69) is 5.32 Å². The molecule has 1 unspecified atom stereocenters. The molecule has 0 bridgehead atoms. The maximum atomic E-state index is 14.2. The fourth-order valence-corrected chi connectivity index (χ4v) is 2.47. The van der Waals surface area contributed by atoms with Gasteiger partial charge in [0.05, 0.1) is 0 Å². The first-order valence-corrected chi connectivity index (χ1v) is 7.77. The number of hydrogen-bond donors (Lipinski definition) is 1. The fraction of sp³-hybridized carbons (Fsp3) is 0.471. The summed E-state index contributed by atoms with van der Waals surface area (Å²) in [5, 5.41) is 2.84. The van der Waals surface area contributed by atoms with Crippen LogP contribution in [0.15, 0.2) is 12.1 Å². The first-order valence-electron chi connectivity index (χ1n) is 7.77. The van der Waals surface area contributed by atoms with Crippen LogP contribution in [-0.2, 0) is 9.59 Å². The zero-order chi connectivity index (χ0) is 19.2. The Hall–Kier alpha value is -2.35. The summed E-state index contributed by atoms with van der Waals surface area (Å²) in [4.78, 5) is 37.2. The highest BCUT2D eigenvalue weighted by Crippen LogP contribution is 2.27. The molecule has 0 spiro atoms. The minimum atomic E-state index is -1.42. The maximum Gasteiger partial charge on any atom is 0.325 e. The van der Waals surface area contributed by atoms with E-state index < -0.39 is 28.9 Å². The van der Waals surface area contributed by atoms with E-state index in [-0.39, 0.29) is 13.0 Å². The Morgan fingerprint density at radius 3 is 2.28 bits per heavy atom. The molecule has 0 heterocycles. The summed E-state index contributed by atoms with van der Waals surface area (Å²) in [6.07, 6.45) is 0.796. The summed E-state index contributed by atoms with van der Waals surface area (Å²) >= 11 is 0. The zero-order valence-electron chi connectivity index (χ0n) is 14.8. The molecule has 0 saturated carbocycles. The monoisotopic (exact) mass is 355 g/mol. The molecule has 0 aliphatic rings. The third-order valence-electron chi connectivity index (χ3n) is 3.97. The van der Waals surface area contributed by atoms with Crippen molar-refractivity contribution in [1.29, 1.82) is 0 Å². The van der Waals surface area contributed by atoms with E-state index >= 15 is 0 Å². The van der Waals surface area contributed by atoms with E-state index in [1.165, 1.54) is 20.9 Å². The Bertz CT molecular complexity index is 631. The molecule has 1 aromatic carbocycles. The quantitative estimate of drug-likeness (QED) is 0.723. The second-order valence-electron chi connectivity index (χ2n) is 6.02. The number of nitrogens with one attached hydrogen (secondary N) is 1. The van der Waals surface area contributed by atoms with Crippen molar-refractivity contribution >= 4 is 24.3 Å². The summed E-state index contributed by atoms with van der Waals surface area (Å²) < 4.78 is 28.3. The lowest BCUT2D eigenvalue weighted by Gasteiger charge is -2.38. The van der Waals surface area contributed by atoms with Gasteiger partial charge in [0.15, 0.2) is 0 Å². The molecule has 138 valence electrons. The highest BCUT2D eigenvalue weighted by Gasteiger charge is 2.37. The molecular formula is C17H23F2N3O3. The number of anilines is 1. The van der Waals surface area contributed by atoms with Gasteiger partial charge in [0, 0.05) is 26.6 Å². The highest BCUT2D eigenvalue weighted by molar-refractivity contribution is 5.94. The number of carbonyl (C=O) groups is 3. The number of nitrogens with zero attached hydrogens (tertiary/aromatic N) is 2. The molecule has 0 saturated heterocycles. The normalized spacial score (nSPS) is 13.0. The van der Waals surface area contributed by atoms with Crippen LogP contribution >= 0.6 is 0 Å². The van der Waals surface area contributed by atoms with Crippen molar-refractivity contribution in [2.45, 2.75) is 25.8 Å². The standard InChI is InChI=1S/C17H23F2N3O3/c1-12-9-13(18)15(14(19)10-12)21(4)16(25)22(7-6-20-3)17(2,11-24)5-8-23/h8-11,20H,5-7H2,1-4H3. The molecule has 1 atom stereocenters. The van der Waals surface area contributed by atoms with Gasteiger partial charge in [-0.2, -0.15) is 0 Å². The molecule has 0 aromatic heterocycles. The zero-order valence-corrected chi connectivity index (χ0v) is 14.8. The van der Waals surface area contributed by atoms with Gasteiger partial charge in [-0.15, -0.1) is 0 Å². The van der Waals surface area contributed by atoms with Crippen LogP contribution < -0.4 is 10.2 Å². The lowest BCUT2D eigenvalue weighted by Crippen LogP contribution is -2.57. The smallest absolute Gasteiger partial charge is 0.318 e. The van der Waals surface area contributed by atoms with E-state index in [0.717, 1.165) is 21.9 Å². The molecule has 0 aliphatic heterocycles. The van der Waals surface area contributed by atoms with E-state index in [4.69, 9.17) is 0 Å². The predicted molar refractivity (Wildman–Crippen MR) is 90.7 cm³/mol. The van der Waals surface area contributed by atoms with Crippen molar-refractivity contribution in [1.82, 2.24) is 10.2 Å². The van der Waals surface area contributed by atoms with Crippen LogP contribution in [0.2, 0.25) is 0 Å². The van der Waals surface area contributed by atoms with Crippen molar-refractivity contribution < 1.29 is 23.2 Å². The van der Waals surface area contributed by atoms with Gasteiger partial charge in [0.25, 0.3) is 0 Å². The predicted octanol–water partition coefficient (Wildman–Crippen LogP) is 1.90. The fourth-order valence-electron chi connectivity index (χ4n) is 2.47. The molecule has 0 fully saturated rings. The van der Waals surface area contributed by atoms with Crippen LogP contribution in [0.4, 0.5) is 19.3 Å². The number of hydrogen-bond acceptors (Lipinski definition) is 4. The van der Waals surface area contributed by atoms with Crippen molar-refractivity contribution in [2.24, 2.45) is 0 Å². The number of carbonyl (C=O) groups excluding carboxylic acids is 3. The van der Waals surface area contributed by atoms with Gasteiger partial charge in [-0.05, 0) is 38.6 Å². The number of halogens is 2. The Morgan fingerprint density at radius 2 is 1.84 bits per heavy atom. The topological polar surface area (TPSA) is 69.7 Å². The Morgan fingerprint density at radius 1 is 1.28 bits per heavy atom. The first-order chi connectivity index (χ1) is 11.7. The lowest BCUT2D eigenvalue weighted by atomic mass is 9.98. The number of aldehydes is 2. The Balaban J connectivity index is 3.29. The van der Waals surface area contributed by atoms with Crippen molar-refractivity contribution in [3.63, 3.8) is 0 Å². The summed E-state index contributed by atoms with van der Waals surface area (Å²) in [5.41, 5.74) is -1.54. The molecule has 6 nitrogen and oxygen atoms in total. The number of rotatable bonds is 8. The summed E-state index contributed by atoms with van der Waals surface area (Å²) in [6.45, 7) is 3.38. The Labute approximate surface area is 145 Å². The van der Waals surface area contributed by atoms with Gasteiger partial charge in [-0.3, -0.25) is 4.90 Å². The molecule has 0 radical (unpaired) electrons. The minimum Gasteiger partial charge on any atom is -0.318 e. The average Bonchev–Trinajstić information content (AvgIpc) is 2.54. The minimum absolute atomic E-state index is 0.0812. The van der Waals surface area contributed by atoms with Gasteiger partial charge in [-0.25, -0.2) is 13.6 Å². The third-order valence-corrected chi connectivity index (χ3v) is 3.97. The summed E-state index contributed by atoms with van der Waals surface area (Å²) in [7, 11) is 2.88. The van der Waals surface area contributed by atoms with Gasteiger partial charge in [0.1, 0.15) is 35.4 Å². The summed E-state index contributed by atoms with van der Waals surface area (Å²) in [6, 6.07) is 1.45. The second-order valence-corrected chi connectivity index (χ2v) is 6.02. The third kappa shape index (κ3) is 4.60. The Kier molecular flexibility index (Phi) is 7.17. The van der Waals surface area contributed by atoms with Gasteiger partial charge >= 0.3 is 6.03 Å². The van der Waals surface area contributed by atoms with Gasteiger partial charge < -0.3 is 19.8 Å². The number of aryl methyl sites for hydroxylation is 1. The second kappa shape index (κ2) is 8.66. The average molecular weight is 355 g/mol. The molecular weight excluding hydrogens is 332 g/mol. The SMILES string of the molecule is CNCCN(C(=O)N(C)c1c(F)cc(C)cc1F)C(C)(C=O)CC=O. The molecule has 1 aromatic rings. The van der Waals surface area contributed by atoms with Crippen molar-refractivity contribution in [3.05, 3.63) is 29.3 Å². The molecule has 8 heteroatoms. The molecule has 2 amide bonds. The summed E-state index contributed by atoms with van der Waals surface area (Å²) in [5.74, 6) is -1.77. The van der Waals surface area contributed by atoms with Gasteiger partial charge in [-0.1, -0.05) is 0 Å². The highest BCUT2D eigenvalue weighted by atomic mass is 19.1. The van der Waals surface area contributed by atoms with E-state index in [0.29, 0.717) is 24.7 Å². The van der Waals surface area contributed by atoms with Crippen LogP contribution in [0.25, 0.3) is 0 Å². The molecule has 1 rings (SSSR count). The number of likely N-dealkylation sites (N-methyl/N-ethyl adjacent to an activating group) is 1. The molecule has 25 heavy (non-hydrogen) atoms. The lowest BCUT2D eigenvalue weighted by molar-refractivity contribution is -0.120. The van der Waals surface area contributed by atoms with Crippen LogP contribution in [0, 0.1) is 18.6 Å². The number of urea groups is 1. The number of amides is 2. The van der Waals surface area contributed by atoms with E-state index in [9.17, 15) is 23.2 Å². The van der Waals surface area contributed by atoms with Crippen molar-refractivity contribution in [2.75, 3.05) is 32.1 Å². The van der Waals surface area contributed by atoms with Crippen molar-refractivity contribution in [3.8, 4) is 0 Å². The van der Waals surface area contributed by atoms with Gasteiger partial charge in [0.2, 0.25) is 0 Å². The number of benzene rings is 1. The van der Waals surface area contributed by atoms with Crippen LogP contribution in [-0.4, -0.2) is 56.2 Å². The van der Waals surface area contributed by atoms with E-state index in [1.54, 1.807) is 7.05 Å². The molecule has 0 aliphatic carbocycles. The molecule has 1 N–H and O–H groups in total. The van der Waals surface area contributed by atoms with Crippen LogP contribution in [0.3, 0.4) is 0 Å². The van der Waals surface area contributed by atoms with Crippen LogP contribution in [0.5, 0.6) is 0 Å².